The molecule has 0 heterocycles. The van der Waals surface area contributed by atoms with E-state index in [1.807, 2.05) is 78.9 Å². The molecule has 0 atom stereocenters. The van der Waals surface area contributed by atoms with Gasteiger partial charge in [0.2, 0.25) is 0 Å². The van der Waals surface area contributed by atoms with Crippen LogP contribution in [0, 0.1) is 0 Å². The zero-order chi connectivity index (χ0) is 16.6. The summed E-state index contributed by atoms with van der Waals surface area (Å²) in [5.41, 5.74) is 2.85. The zero-order valence-corrected chi connectivity index (χ0v) is 13.6. The van der Waals surface area contributed by atoms with Crippen molar-refractivity contribution in [1.29, 1.82) is 0 Å². The van der Waals surface area contributed by atoms with Crippen molar-refractivity contribution < 1.29 is 9.47 Å². The first kappa shape index (κ1) is 15.8. The molecule has 0 amide bonds. The third kappa shape index (κ3) is 4.02. The van der Waals surface area contributed by atoms with Gasteiger partial charge in [0.05, 0.1) is 7.11 Å². The van der Waals surface area contributed by atoms with Gasteiger partial charge in [0.1, 0.15) is 23.8 Å². The van der Waals surface area contributed by atoms with E-state index >= 15 is 0 Å². The van der Waals surface area contributed by atoms with Gasteiger partial charge in [-0.2, -0.15) is 0 Å². The second-order valence-corrected chi connectivity index (χ2v) is 5.24. The van der Waals surface area contributed by atoms with Crippen molar-refractivity contribution >= 4 is 11.9 Å². The topological polar surface area (TPSA) is 30.8 Å². The van der Waals surface area contributed by atoms with Crippen LogP contribution in [-0.4, -0.2) is 13.3 Å². The summed E-state index contributed by atoms with van der Waals surface area (Å²) in [6.45, 7) is 0.528. The number of nitrogens with zero attached hydrogens (tertiary/aromatic N) is 1. The molecule has 0 fully saturated rings. The minimum atomic E-state index is 0.528. The van der Waals surface area contributed by atoms with Gasteiger partial charge in [-0.15, -0.1) is 0 Å². The third-order valence-corrected chi connectivity index (χ3v) is 3.58. The molecule has 3 aromatic rings. The molecule has 3 aromatic carbocycles. The molecule has 0 aliphatic carbocycles. The predicted molar refractivity (Wildman–Crippen MR) is 97.5 cm³/mol. The van der Waals surface area contributed by atoms with Crippen molar-refractivity contribution in [2.45, 2.75) is 6.61 Å². The lowest BCUT2D eigenvalue weighted by molar-refractivity contribution is 0.306. The maximum Gasteiger partial charge on any atom is 0.144 e. The summed E-state index contributed by atoms with van der Waals surface area (Å²) in [4.78, 5) is 4.53. The number of ether oxygens (including phenoxy) is 2. The molecule has 3 rings (SSSR count). The maximum absolute atomic E-state index is 5.95. The maximum atomic E-state index is 5.95. The third-order valence-electron chi connectivity index (χ3n) is 3.58. The van der Waals surface area contributed by atoms with Gasteiger partial charge in [-0.3, -0.25) is 4.99 Å². The number of benzene rings is 3. The van der Waals surface area contributed by atoms with Crippen LogP contribution < -0.4 is 9.47 Å². The molecule has 120 valence electrons. The summed E-state index contributed by atoms with van der Waals surface area (Å²) >= 11 is 0. The monoisotopic (exact) mass is 317 g/mol. The largest absolute Gasteiger partial charge is 0.494 e. The van der Waals surface area contributed by atoms with Gasteiger partial charge in [-0.25, -0.2) is 0 Å². The molecule has 0 spiro atoms. The summed E-state index contributed by atoms with van der Waals surface area (Å²) in [5, 5.41) is 0. The fourth-order valence-corrected chi connectivity index (χ4v) is 2.33. The first-order chi connectivity index (χ1) is 11.9. The molecule has 0 bridgehead atoms. The van der Waals surface area contributed by atoms with Crippen molar-refractivity contribution in [2.24, 2.45) is 4.99 Å². The Bertz CT molecular complexity index is 813. The summed E-state index contributed by atoms with van der Waals surface area (Å²) in [6, 6.07) is 25.6. The fourth-order valence-electron chi connectivity index (χ4n) is 2.33. The first-order valence-corrected chi connectivity index (χ1v) is 7.79. The van der Waals surface area contributed by atoms with Crippen molar-refractivity contribution in [2.75, 3.05) is 7.11 Å². The Hall–Kier alpha value is -3.07. The summed E-state index contributed by atoms with van der Waals surface area (Å²) in [5.74, 6) is 1.55. The second kappa shape index (κ2) is 7.97. The highest BCUT2D eigenvalue weighted by atomic mass is 16.5. The number of para-hydroxylation sites is 3. The molecule has 0 radical (unpaired) electrons. The normalized spacial score (nSPS) is 10.7. The second-order valence-electron chi connectivity index (χ2n) is 5.24. The van der Waals surface area contributed by atoms with E-state index in [-0.39, 0.29) is 0 Å². The molecule has 0 aromatic heterocycles. The SMILES string of the molecule is COc1ccccc1N=Cc1ccccc1OCc1ccccc1. The minimum absolute atomic E-state index is 0.528. The molecule has 0 saturated heterocycles. The van der Waals surface area contributed by atoms with Gasteiger partial charge in [0.25, 0.3) is 0 Å². The highest BCUT2D eigenvalue weighted by Gasteiger charge is 2.03. The molecular formula is C21H19NO2. The summed E-state index contributed by atoms with van der Waals surface area (Å²) in [7, 11) is 1.64. The van der Waals surface area contributed by atoms with E-state index in [2.05, 4.69) is 4.99 Å². The van der Waals surface area contributed by atoms with E-state index in [0.717, 1.165) is 28.3 Å². The molecule has 0 aliphatic rings. The molecule has 0 unspecified atom stereocenters. The van der Waals surface area contributed by atoms with Crippen LogP contribution in [0.2, 0.25) is 0 Å². The molecule has 24 heavy (non-hydrogen) atoms. The highest BCUT2D eigenvalue weighted by molar-refractivity contribution is 5.86. The van der Waals surface area contributed by atoms with Gasteiger partial charge in [0.15, 0.2) is 0 Å². The Morgan fingerprint density at radius 1 is 0.792 bits per heavy atom. The number of methoxy groups -OCH3 is 1. The molecular weight excluding hydrogens is 298 g/mol. The van der Waals surface area contributed by atoms with Crippen LogP contribution in [-0.2, 0) is 6.61 Å². The van der Waals surface area contributed by atoms with Crippen molar-refractivity contribution in [3.05, 3.63) is 90.0 Å². The summed E-state index contributed by atoms with van der Waals surface area (Å²) < 4.78 is 11.3. The van der Waals surface area contributed by atoms with Crippen LogP contribution in [0.5, 0.6) is 11.5 Å². The number of rotatable bonds is 6. The zero-order valence-electron chi connectivity index (χ0n) is 13.6. The van der Waals surface area contributed by atoms with Crippen LogP contribution in [0.4, 0.5) is 5.69 Å². The Morgan fingerprint density at radius 3 is 2.25 bits per heavy atom. The van der Waals surface area contributed by atoms with Crippen molar-refractivity contribution in [3.8, 4) is 11.5 Å². The van der Waals surface area contributed by atoms with E-state index in [0.29, 0.717) is 6.61 Å². The fraction of sp³-hybridized carbons (Fsp3) is 0.0952. The van der Waals surface area contributed by atoms with Gasteiger partial charge in [-0.05, 0) is 29.8 Å². The predicted octanol–water partition coefficient (Wildman–Crippen LogP) is 5.02. The Labute approximate surface area is 142 Å². The van der Waals surface area contributed by atoms with Crippen LogP contribution in [0.1, 0.15) is 11.1 Å². The molecule has 0 saturated carbocycles. The van der Waals surface area contributed by atoms with Gasteiger partial charge >= 0.3 is 0 Å². The van der Waals surface area contributed by atoms with Crippen LogP contribution in [0.3, 0.4) is 0 Å². The summed E-state index contributed by atoms with van der Waals surface area (Å²) in [6.07, 6.45) is 1.80. The van der Waals surface area contributed by atoms with Crippen LogP contribution in [0.25, 0.3) is 0 Å². The lowest BCUT2D eigenvalue weighted by Gasteiger charge is -2.09. The minimum Gasteiger partial charge on any atom is -0.494 e. The number of hydrogen-bond donors (Lipinski definition) is 0. The smallest absolute Gasteiger partial charge is 0.144 e. The van der Waals surface area contributed by atoms with E-state index in [9.17, 15) is 0 Å². The molecule has 0 aliphatic heterocycles. The van der Waals surface area contributed by atoms with Crippen molar-refractivity contribution in [3.63, 3.8) is 0 Å². The van der Waals surface area contributed by atoms with Crippen molar-refractivity contribution in [1.82, 2.24) is 0 Å². The lowest BCUT2D eigenvalue weighted by atomic mass is 10.2. The molecule has 3 nitrogen and oxygen atoms in total. The van der Waals surface area contributed by atoms with Crippen LogP contribution in [0.15, 0.2) is 83.9 Å². The van der Waals surface area contributed by atoms with E-state index in [4.69, 9.17) is 9.47 Å². The average molecular weight is 317 g/mol. The quantitative estimate of drug-likeness (QED) is 0.597. The van der Waals surface area contributed by atoms with E-state index in [1.54, 1.807) is 13.3 Å². The standard InChI is InChI=1S/C21H19NO2/c1-23-21-14-8-6-12-19(21)22-15-18-11-5-7-13-20(18)24-16-17-9-3-2-4-10-17/h2-15H,16H2,1H3. The van der Waals surface area contributed by atoms with Gasteiger partial charge < -0.3 is 9.47 Å². The van der Waals surface area contributed by atoms with Gasteiger partial charge in [0, 0.05) is 11.8 Å². The van der Waals surface area contributed by atoms with E-state index in [1.165, 1.54) is 0 Å². The van der Waals surface area contributed by atoms with E-state index < -0.39 is 0 Å². The molecule has 3 heteroatoms. The van der Waals surface area contributed by atoms with Gasteiger partial charge in [-0.1, -0.05) is 54.6 Å². The first-order valence-electron chi connectivity index (χ1n) is 7.79. The number of hydrogen-bond acceptors (Lipinski definition) is 3. The highest BCUT2D eigenvalue weighted by Crippen LogP contribution is 2.27. The Morgan fingerprint density at radius 2 is 1.46 bits per heavy atom. The lowest BCUT2D eigenvalue weighted by Crippen LogP contribution is -1.98. The Kier molecular flexibility index (Phi) is 5.25. The van der Waals surface area contributed by atoms with Crippen LogP contribution >= 0.6 is 0 Å². The number of aliphatic imine (C=N–C) groups is 1. The molecule has 0 N–H and O–H groups in total. The average Bonchev–Trinajstić information content (AvgIpc) is 2.66. The Balaban J connectivity index is 1.78.